The van der Waals surface area contributed by atoms with Crippen molar-refractivity contribution < 1.29 is 24.8 Å². The average Bonchev–Trinajstić information content (AvgIpc) is 2.45. The van der Waals surface area contributed by atoms with Gasteiger partial charge in [-0.1, -0.05) is 24.3 Å². The molecule has 5 heteroatoms. The van der Waals surface area contributed by atoms with Gasteiger partial charge in [0, 0.05) is 19.4 Å². The third-order valence-corrected chi connectivity index (χ3v) is 4.16. The normalized spacial score (nSPS) is 36.9. The van der Waals surface area contributed by atoms with E-state index in [2.05, 4.69) is 0 Å². The van der Waals surface area contributed by atoms with Crippen LogP contribution in [0.4, 0.5) is 0 Å². The molecule has 1 aromatic carbocycles. The maximum atomic E-state index is 10.3. The van der Waals surface area contributed by atoms with Crippen molar-refractivity contribution in [2.24, 2.45) is 0 Å². The summed E-state index contributed by atoms with van der Waals surface area (Å²) in [4.78, 5) is 0. The van der Waals surface area contributed by atoms with Gasteiger partial charge < -0.3 is 24.8 Å². The van der Waals surface area contributed by atoms with Gasteiger partial charge in [0.15, 0.2) is 0 Å². The molecule has 2 aliphatic heterocycles. The van der Waals surface area contributed by atoms with Gasteiger partial charge in [0.05, 0.1) is 18.8 Å². The highest BCUT2D eigenvalue weighted by Gasteiger charge is 2.51. The number of fused-ring (bicyclic) bond motifs is 1. The number of aliphatic hydroxyl groups is 3. The molecule has 110 valence electrons. The van der Waals surface area contributed by atoms with E-state index in [0.717, 1.165) is 11.1 Å². The predicted octanol–water partition coefficient (Wildman–Crippen LogP) is 0.349. The lowest BCUT2D eigenvalue weighted by molar-refractivity contribution is -0.349. The fourth-order valence-electron chi connectivity index (χ4n) is 3.06. The summed E-state index contributed by atoms with van der Waals surface area (Å²) in [7, 11) is 0. The number of hydrogen-bond donors (Lipinski definition) is 3. The lowest BCUT2D eigenvalue weighted by Gasteiger charge is -2.48. The first-order valence-corrected chi connectivity index (χ1v) is 7.00. The number of hydrogen-bond acceptors (Lipinski definition) is 5. The maximum absolute atomic E-state index is 10.3. The largest absolute Gasteiger partial charge is 0.396 e. The van der Waals surface area contributed by atoms with Crippen LogP contribution in [0, 0.1) is 0 Å². The molecule has 4 atom stereocenters. The molecule has 3 rings (SSSR count). The minimum atomic E-state index is -1.20. The van der Waals surface area contributed by atoms with E-state index in [1.807, 2.05) is 24.3 Å². The molecule has 0 radical (unpaired) electrons. The van der Waals surface area contributed by atoms with Crippen molar-refractivity contribution in [3.8, 4) is 0 Å². The zero-order chi connectivity index (χ0) is 14.2. The summed E-state index contributed by atoms with van der Waals surface area (Å²) < 4.78 is 11.7. The number of aliphatic hydroxyl groups excluding tert-OH is 3. The van der Waals surface area contributed by atoms with Crippen molar-refractivity contribution in [3.63, 3.8) is 0 Å². The second-order valence-corrected chi connectivity index (χ2v) is 5.55. The summed E-state index contributed by atoms with van der Waals surface area (Å²) in [5, 5.41) is 29.4. The minimum absolute atomic E-state index is 0.0137. The van der Waals surface area contributed by atoms with Gasteiger partial charge in [-0.05, 0) is 17.5 Å². The Balaban J connectivity index is 1.87. The van der Waals surface area contributed by atoms with Crippen LogP contribution in [-0.4, -0.2) is 46.0 Å². The molecule has 3 N–H and O–H groups in total. The first-order valence-electron chi connectivity index (χ1n) is 7.00. The Bertz CT molecular complexity index is 477. The molecular formula is C15H20O5. The third-order valence-electron chi connectivity index (χ3n) is 4.16. The second kappa shape index (κ2) is 5.42. The van der Waals surface area contributed by atoms with Crippen LogP contribution in [0.2, 0.25) is 0 Å². The Morgan fingerprint density at radius 3 is 2.70 bits per heavy atom. The summed E-state index contributed by atoms with van der Waals surface area (Å²) in [5.41, 5.74) is 2.14. The van der Waals surface area contributed by atoms with Gasteiger partial charge in [0.2, 0.25) is 5.79 Å². The molecule has 0 bridgehead atoms. The summed E-state index contributed by atoms with van der Waals surface area (Å²) in [6, 6.07) is 7.85. The summed E-state index contributed by atoms with van der Waals surface area (Å²) in [5.74, 6) is -1.20. The Morgan fingerprint density at radius 2 is 1.95 bits per heavy atom. The number of rotatable bonds is 2. The zero-order valence-electron chi connectivity index (χ0n) is 11.2. The molecule has 0 amide bonds. The van der Waals surface area contributed by atoms with Crippen molar-refractivity contribution in [2.45, 2.75) is 50.0 Å². The Kier molecular flexibility index (Phi) is 3.79. The Labute approximate surface area is 117 Å². The maximum Gasteiger partial charge on any atom is 0.201 e. The van der Waals surface area contributed by atoms with E-state index in [1.165, 1.54) is 0 Å². The van der Waals surface area contributed by atoms with Crippen molar-refractivity contribution in [2.75, 3.05) is 6.61 Å². The van der Waals surface area contributed by atoms with Crippen LogP contribution in [0.15, 0.2) is 24.3 Å². The summed E-state index contributed by atoms with van der Waals surface area (Å²) in [6.07, 6.45) is -1.13. The smallest absolute Gasteiger partial charge is 0.201 e. The molecule has 20 heavy (non-hydrogen) atoms. The van der Waals surface area contributed by atoms with Gasteiger partial charge in [0.25, 0.3) is 0 Å². The molecule has 1 fully saturated rings. The molecule has 0 aliphatic carbocycles. The van der Waals surface area contributed by atoms with Crippen LogP contribution in [0.3, 0.4) is 0 Å². The standard InChI is InChI=1S/C15H20O5/c16-6-5-12-7-13(17)14(18)15(20-12)8-10-3-1-2-4-11(10)9-19-15/h1-4,12-14,16-18H,5-9H2/t12-,13-,14+,15-/m0/s1. The lowest BCUT2D eigenvalue weighted by atomic mass is 9.86. The van der Waals surface area contributed by atoms with Gasteiger partial charge in [-0.3, -0.25) is 0 Å². The topological polar surface area (TPSA) is 79.2 Å². The summed E-state index contributed by atoms with van der Waals surface area (Å²) in [6.45, 7) is 0.339. The van der Waals surface area contributed by atoms with Crippen molar-refractivity contribution in [1.29, 1.82) is 0 Å². The number of ether oxygens (including phenoxy) is 2. The van der Waals surface area contributed by atoms with E-state index in [9.17, 15) is 10.2 Å². The fourth-order valence-corrected chi connectivity index (χ4v) is 3.06. The first kappa shape index (κ1) is 14.0. The van der Waals surface area contributed by atoms with E-state index >= 15 is 0 Å². The van der Waals surface area contributed by atoms with Crippen LogP contribution in [0.25, 0.3) is 0 Å². The molecule has 1 saturated heterocycles. The highest BCUT2D eigenvalue weighted by atomic mass is 16.7. The molecule has 0 aromatic heterocycles. The number of benzene rings is 1. The first-order chi connectivity index (χ1) is 9.64. The van der Waals surface area contributed by atoms with Crippen LogP contribution in [0.1, 0.15) is 24.0 Å². The quantitative estimate of drug-likeness (QED) is 0.728. The van der Waals surface area contributed by atoms with Gasteiger partial charge in [-0.2, -0.15) is 0 Å². The predicted molar refractivity (Wildman–Crippen MR) is 70.9 cm³/mol. The zero-order valence-corrected chi connectivity index (χ0v) is 11.2. The molecule has 0 saturated carbocycles. The fraction of sp³-hybridized carbons (Fsp3) is 0.600. The van der Waals surface area contributed by atoms with Crippen molar-refractivity contribution in [3.05, 3.63) is 35.4 Å². The molecule has 5 nitrogen and oxygen atoms in total. The van der Waals surface area contributed by atoms with Gasteiger partial charge in [-0.15, -0.1) is 0 Å². The van der Waals surface area contributed by atoms with Crippen LogP contribution in [-0.2, 0) is 22.5 Å². The molecule has 2 heterocycles. The van der Waals surface area contributed by atoms with Crippen LogP contribution < -0.4 is 0 Å². The lowest BCUT2D eigenvalue weighted by Crippen LogP contribution is -2.61. The van der Waals surface area contributed by atoms with Gasteiger partial charge in [0.1, 0.15) is 6.10 Å². The SMILES string of the molecule is OCC[C@H]1C[C@H](O)[C@@H](O)[C@]2(Cc3ccccc3CO2)O1. The third kappa shape index (κ3) is 2.36. The van der Waals surface area contributed by atoms with Gasteiger partial charge >= 0.3 is 0 Å². The van der Waals surface area contributed by atoms with Crippen molar-refractivity contribution in [1.82, 2.24) is 0 Å². The van der Waals surface area contributed by atoms with E-state index in [-0.39, 0.29) is 12.7 Å². The summed E-state index contributed by atoms with van der Waals surface area (Å²) >= 11 is 0. The van der Waals surface area contributed by atoms with E-state index < -0.39 is 18.0 Å². The van der Waals surface area contributed by atoms with E-state index in [1.54, 1.807) is 0 Å². The molecule has 1 spiro atoms. The van der Waals surface area contributed by atoms with Crippen LogP contribution >= 0.6 is 0 Å². The van der Waals surface area contributed by atoms with Crippen molar-refractivity contribution >= 4 is 0 Å². The minimum Gasteiger partial charge on any atom is -0.396 e. The Morgan fingerprint density at radius 1 is 1.20 bits per heavy atom. The van der Waals surface area contributed by atoms with E-state index in [4.69, 9.17) is 14.6 Å². The molecule has 1 aromatic rings. The van der Waals surface area contributed by atoms with E-state index in [0.29, 0.717) is 25.9 Å². The highest BCUT2D eigenvalue weighted by molar-refractivity contribution is 5.30. The van der Waals surface area contributed by atoms with Crippen LogP contribution in [0.5, 0.6) is 0 Å². The molecular weight excluding hydrogens is 260 g/mol. The monoisotopic (exact) mass is 280 g/mol. The molecule has 2 aliphatic rings. The second-order valence-electron chi connectivity index (χ2n) is 5.55. The highest BCUT2D eigenvalue weighted by Crippen LogP contribution is 2.39. The average molecular weight is 280 g/mol. The molecule has 0 unspecified atom stereocenters. The van der Waals surface area contributed by atoms with Gasteiger partial charge in [-0.25, -0.2) is 0 Å². The Hall–Kier alpha value is -0.980.